The fourth-order valence-electron chi connectivity index (χ4n) is 1.42. The van der Waals surface area contributed by atoms with Crippen LogP contribution in [0.4, 0.5) is 0 Å². The molecule has 5 heteroatoms. The molecule has 0 aromatic carbocycles. The lowest BCUT2D eigenvalue weighted by atomic mass is 10.1. The first-order valence-corrected chi connectivity index (χ1v) is 5.16. The lowest BCUT2D eigenvalue weighted by Crippen LogP contribution is -2.46. The van der Waals surface area contributed by atoms with Gasteiger partial charge in [0.15, 0.2) is 0 Å². The van der Waals surface area contributed by atoms with Gasteiger partial charge < -0.3 is 20.6 Å². The Bertz CT molecular complexity index is 193. The van der Waals surface area contributed by atoms with Crippen LogP contribution in [0.3, 0.4) is 0 Å². The van der Waals surface area contributed by atoms with E-state index in [0.717, 1.165) is 0 Å². The van der Waals surface area contributed by atoms with Crippen LogP contribution in [0.25, 0.3) is 0 Å². The monoisotopic (exact) mass is 217 g/mol. The Morgan fingerprint density at radius 2 is 2.07 bits per heavy atom. The molecule has 0 rings (SSSR count). The van der Waals surface area contributed by atoms with E-state index in [9.17, 15) is 9.90 Å². The summed E-state index contributed by atoms with van der Waals surface area (Å²) in [7, 11) is 5.45. The van der Waals surface area contributed by atoms with Crippen LogP contribution in [-0.4, -0.2) is 62.3 Å². The molecule has 0 heterocycles. The van der Waals surface area contributed by atoms with Gasteiger partial charge in [-0.1, -0.05) is 0 Å². The van der Waals surface area contributed by atoms with Crippen molar-refractivity contribution in [2.24, 2.45) is 0 Å². The average molecular weight is 217 g/mol. The minimum atomic E-state index is -0.758. The van der Waals surface area contributed by atoms with Crippen LogP contribution >= 0.6 is 0 Å². The van der Waals surface area contributed by atoms with Crippen molar-refractivity contribution in [3.63, 3.8) is 0 Å². The minimum absolute atomic E-state index is 0.00903. The minimum Gasteiger partial charge on any atom is -0.388 e. The number of amides is 1. The third-order valence-electron chi connectivity index (χ3n) is 1.97. The zero-order chi connectivity index (χ0) is 11.9. The Hall–Kier alpha value is -0.650. The van der Waals surface area contributed by atoms with E-state index in [1.54, 1.807) is 14.0 Å². The molecule has 0 aromatic heterocycles. The van der Waals surface area contributed by atoms with Gasteiger partial charge in [0, 0.05) is 33.1 Å². The van der Waals surface area contributed by atoms with Crippen LogP contribution in [0.15, 0.2) is 0 Å². The molecule has 1 atom stereocenters. The first-order valence-electron chi connectivity index (χ1n) is 5.16. The second-order valence-corrected chi connectivity index (χ2v) is 4.33. The number of hydrogen-bond donors (Lipinski definition) is 3. The van der Waals surface area contributed by atoms with Crippen LogP contribution in [0.5, 0.6) is 0 Å². The van der Waals surface area contributed by atoms with Crippen LogP contribution in [0, 0.1) is 0 Å². The van der Waals surface area contributed by atoms with E-state index in [0.29, 0.717) is 26.1 Å². The average Bonchev–Trinajstić information content (AvgIpc) is 2.10. The van der Waals surface area contributed by atoms with Gasteiger partial charge in [0.25, 0.3) is 0 Å². The van der Waals surface area contributed by atoms with Gasteiger partial charge in [0.2, 0.25) is 5.91 Å². The second kappa shape index (κ2) is 6.76. The Morgan fingerprint density at radius 3 is 2.53 bits per heavy atom. The summed E-state index contributed by atoms with van der Waals surface area (Å²) >= 11 is 0. The first-order chi connectivity index (χ1) is 6.87. The van der Waals surface area contributed by atoms with E-state index in [1.165, 1.54) is 0 Å². The summed E-state index contributed by atoms with van der Waals surface area (Å²) in [5.74, 6) is 0.00903. The summed E-state index contributed by atoms with van der Waals surface area (Å²) in [5.41, 5.74) is -0.758. The highest BCUT2D eigenvalue weighted by Crippen LogP contribution is 2.02. The van der Waals surface area contributed by atoms with E-state index >= 15 is 0 Å². The molecule has 15 heavy (non-hydrogen) atoms. The molecule has 90 valence electrons. The van der Waals surface area contributed by atoms with Gasteiger partial charge >= 0.3 is 0 Å². The number of hydrogen-bond acceptors (Lipinski definition) is 4. The lowest BCUT2D eigenvalue weighted by Gasteiger charge is -2.27. The highest BCUT2D eigenvalue weighted by atomic mass is 16.3. The van der Waals surface area contributed by atoms with E-state index < -0.39 is 5.60 Å². The summed E-state index contributed by atoms with van der Waals surface area (Å²) in [4.78, 5) is 12.8. The van der Waals surface area contributed by atoms with Crippen molar-refractivity contribution in [2.75, 3.05) is 40.8 Å². The topological polar surface area (TPSA) is 64.6 Å². The van der Waals surface area contributed by atoms with Crippen LogP contribution < -0.4 is 10.6 Å². The zero-order valence-electron chi connectivity index (χ0n) is 10.1. The zero-order valence-corrected chi connectivity index (χ0v) is 10.1. The first kappa shape index (κ1) is 14.3. The third-order valence-corrected chi connectivity index (χ3v) is 1.97. The van der Waals surface area contributed by atoms with E-state index in [2.05, 4.69) is 10.6 Å². The molecule has 1 unspecified atom stereocenters. The maximum absolute atomic E-state index is 10.9. The maximum atomic E-state index is 10.9. The third kappa shape index (κ3) is 8.35. The SMILES string of the molecule is CNC(=O)CCNCC(C)(O)CN(C)C. The smallest absolute Gasteiger partial charge is 0.221 e. The van der Waals surface area contributed by atoms with Gasteiger partial charge in [0.05, 0.1) is 5.60 Å². The Labute approximate surface area is 91.8 Å². The van der Waals surface area contributed by atoms with Crippen molar-refractivity contribution < 1.29 is 9.90 Å². The highest BCUT2D eigenvalue weighted by Gasteiger charge is 2.20. The molecule has 1 amide bonds. The number of aliphatic hydroxyl groups is 1. The molecule has 5 nitrogen and oxygen atoms in total. The molecule has 0 fully saturated rings. The lowest BCUT2D eigenvalue weighted by molar-refractivity contribution is -0.120. The quantitative estimate of drug-likeness (QED) is 0.480. The Kier molecular flexibility index (Phi) is 6.47. The summed E-state index contributed by atoms with van der Waals surface area (Å²) in [6.07, 6.45) is 0.439. The van der Waals surface area contributed by atoms with Crippen molar-refractivity contribution in [3.8, 4) is 0 Å². The normalized spacial score (nSPS) is 15.1. The number of carbonyl (C=O) groups excluding carboxylic acids is 1. The Morgan fingerprint density at radius 1 is 1.47 bits per heavy atom. The van der Waals surface area contributed by atoms with Gasteiger partial charge in [0.1, 0.15) is 0 Å². The number of carbonyl (C=O) groups is 1. The van der Waals surface area contributed by atoms with Crippen molar-refractivity contribution in [3.05, 3.63) is 0 Å². The standard InChI is InChI=1S/C10H23N3O2/c1-10(15,8-13(3)4)7-12-6-5-9(14)11-2/h12,15H,5-8H2,1-4H3,(H,11,14). The van der Waals surface area contributed by atoms with Gasteiger partial charge in [-0.25, -0.2) is 0 Å². The fraction of sp³-hybridized carbons (Fsp3) is 0.900. The van der Waals surface area contributed by atoms with Crippen LogP contribution in [0.2, 0.25) is 0 Å². The van der Waals surface area contributed by atoms with Gasteiger partial charge in [-0.3, -0.25) is 4.79 Å². The van der Waals surface area contributed by atoms with Crippen molar-refractivity contribution in [2.45, 2.75) is 18.9 Å². The molecule has 0 aromatic rings. The summed E-state index contributed by atoms with van der Waals surface area (Å²) < 4.78 is 0. The molecule has 0 bridgehead atoms. The van der Waals surface area contributed by atoms with E-state index in [4.69, 9.17) is 0 Å². The number of nitrogens with zero attached hydrogens (tertiary/aromatic N) is 1. The van der Waals surface area contributed by atoms with Gasteiger partial charge in [-0.15, -0.1) is 0 Å². The van der Waals surface area contributed by atoms with E-state index in [1.807, 2.05) is 19.0 Å². The molecule has 0 spiro atoms. The highest BCUT2D eigenvalue weighted by molar-refractivity contribution is 5.75. The molecule has 0 aliphatic rings. The predicted molar refractivity (Wildman–Crippen MR) is 60.7 cm³/mol. The van der Waals surface area contributed by atoms with Crippen molar-refractivity contribution >= 4 is 5.91 Å². The molecule has 3 N–H and O–H groups in total. The van der Waals surface area contributed by atoms with Crippen molar-refractivity contribution in [1.29, 1.82) is 0 Å². The molecule has 0 aliphatic carbocycles. The maximum Gasteiger partial charge on any atom is 0.221 e. The summed E-state index contributed by atoms with van der Waals surface area (Å²) in [6, 6.07) is 0. The van der Waals surface area contributed by atoms with Crippen LogP contribution in [0.1, 0.15) is 13.3 Å². The van der Waals surface area contributed by atoms with E-state index in [-0.39, 0.29) is 5.91 Å². The fourth-order valence-corrected chi connectivity index (χ4v) is 1.42. The largest absolute Gasteiger partial charge is 0.388 e. The Balaban J connectivity index is 3.61. The van der Waals surface area contributed by atoms with Crippen LogP contribution in [-0.2, 0) is 4.79 Å². The molecule has 0 saturated heterocycles. The van der Waals surface area contributed by atoms with Gasteiger partial charge in [-0.05, 0) is 21.0 Å². The second-order valence-electron chi connectivity index (χ2n) is 4.33. The number of nitrogens with one attached hydrogen (secondary N) is 2. The summed E-state index contributed by atoms with van der Waals surface area (Å²) in [5, 5.41) is 15.5. The molecule has 0 saturated carbocycles. The number of likely N-dealkylation sites (N-methyl/N-ethyl adjacent to an activating group) is 1. The van der Waals surface area contributed by atoms with Gasteiger partial charge in [-0.2, -0.15) is 0 Å². The molecule has 0 radical (unpaired) electrons. The molecule has 0 aliphatic heterocycles. The van der Waals surface area contributed by atoms with Crippen molar-refractivity contribution in [1.82, 2.24) is 15.5 Å². The number of rotatable bonds is 7. The molecular weight excluding hydrogens is 194 g/mol. The predicted octanol–water partition coefficient (Wildman–Crippen LogP) is -0.975. The molecular formula is C10H23N3O2. The summed E-state index contributed by atoms with van der Waals surface area (Å²) in [6.45, 7) is 3.45.